The van der Waals surface area contributed by atoms with Crippen LogP contribution in [-0.4, -0.2) is 20.5 Å². The molecule has 0 aliphatic heterocycles. The molecule has 130 valence electrons. The van der Waals surface area contributed by atoms with Crippen molar-refractivity contribution in [1.29, 1.82) is 0 Å². The molecule has 0 bridgehead atoms. The first-order chi connectivity index (χ1) is 12.6. The van der Waals surface area contributed by atoms with Crippen molar-refractivity contribution in [2.24, 2.45) is 0 Å². The fourth-order valence-corrected chi connectivity index (χ4v) is 3.12. The summed E-state index contributed by atoms with van der Waals surface area (Å²) < 4.78 is 8.30. The normalized spacial score (nSPS) is 11.0. The maximum absolute atomic E-state index is 12.2. The lowest BCUT2D eigenvalue weighted by Crippen LogP contribution is -2.14. The van der Waals surface area contributed by atoms with Gasteiger partial charge in [-0.25, -0.2) is 4.98 Å². The number of rotatable bonds is 4. The zero-order valence-corrected chi connectivity index (χ0v) is 15.5. The quantitative estimate of drug-likeness (QED) is 0.545. The predicted molar refractivity (Wildman–Crippen MR) is 102 cm³/mol. The SMILES string of the molecule is Cc1ncc2oc(-c3ccc(NC(=O)Cc4cccc(Br)c4)cc3)nn12. The van der Waals surface area contributed by atoms with E-state index in [2.05, 4.69) is 31.3 Å². The van der Waals surface area contributed by atoms with Crippen molar-refractivity contribution in [3.63, 3.8) is 0 Å². The summed E-state index contributed by atoms with van der Waals surface area (Å²) in [5.41, 5.74) is 3.11. The second kappa shape index (κ2) is 6.76. The highest BCUT2D eigenvalue weighted by atomic mass is 79.9. The average molecular weight is 411 g/mol. The number of hydrogen-bond acceptors (Lipinski definition) is 4. The third kappa shape index (κ3) is 3.39. The van der Waals surface area contributed by atoms with Gasteiger partial charge in [0.25, 0.3) is 0 Å². The van der Waals surface area contributed by atoms with Crippen molar-refractivity contribution >= 4 is 33.2 Å². The minimum absolute atomic E-state index is 0.0667. The van der Waals surface area contributed by atoms with Crippen LogP contribution in [-0.2, 0) is 11.2 Å². The topological polar surface area (TPSA) is 72.4 Å². The molecule has 6 nitrogen and oxygen atoms in total. The molecule has 2 heterocycles. The van der Waals surface area contributed by atoms with Crippen molar-refractivity contribution in [3.05, 3.63) is 70.6 Å². The average Bonchev–Trinajstić information content (AvgIpc) is 3.18. The summed E-state index contributed by atoms with van der Waals surface area (Å²) in [4.78, 5) is 16.3. The number of imidazole rings is 1. The smallest absolute Gasteiger partial charge is 0.246 e. The minimum Gasteiger partial charge on any atom is -0.417 e. The van der Waals surface area contributed by atoms with E-state index in [0.717, 1.165) is 27.1 Å². The first kappa shape index (κ1) is 16.5. The molecule has 0 fully saturated rings. The Morgan fingerprint density at radius 3 is 2.77 bits per heavy atom. The molecular weight excluding hydrogens is 396 g/mol. The fraction of sp³-hybridized carbons (Fsp3) is 0.105. The number of nitrogens with one attached hydrogen (secondary N) is 1. The van der Waals surface area contributed by atoms with Crippen LogP contribution in [0.4, 0.5) is 5.69 Å². The van der Waals surface area contributed by atoms with Crippen LogP contribution in [0.15, 0.2) is 63.6 Å². The van der Waals surface area contributed by atoms with Crippen LogP contribution in [0.3, 0.4) is 0 Å². The van der Waals surface area contributed by atoms with Crippen LogP contribution in [0.2, 0.25) is 0 Å². The molecule has 0 spiro atoms. The van der Waals surface area contributed by atoms with Gasteiger partial charge >= 0.3 is 0 Å². The van der Waals surface area contributed by atoms with E-state index >= 15 is 0 Å². The number of nitrogens with zero attached hydrogens (tertiary/aromatic N) is 3. The number of fused-ring (bicyclic) bond motifs is 1. The van der Waals surface area contributed by atoms with Gasteiger partial charge in [0.1, 0.15) is 5.82 Å². The number of carbonyl (C=O) groups excluding carboxylic acids is 1. The third-order valence-electron chi connectivity index (χ3n) is 3.94. The molecule has 0 atom stereocenters. The number of aromatic nitrogens is 3. The molecule has 26 heavy (non-hydrogen) atoms. The first-order valence-electron chi connectivity index (χ1n) is 8.04. The maximum atomic E-state index is 12.2. The van der Waals surface area contributed by atoms with E-state index in [1.165, 1.54) is 0 Å². The van der Waals surface area contributed by atoms with E-state index < -0.39 is 0 Å². The van der Waals surface area contributed by atoms with Crippen LogP contribution in [0, 0.1) is 6.92 Å². The number of hydrogen-bond donors (Lipinski definition) is 1. The van der Waals surface area contributed by atoms with E-state index in [-0.39, 0.29) is 5.91 Å². The summed E-state index contributed by atoms with van der Waals surface area (Å²) in [5, 5.41) is 7.29. The van der Waals surface area contributed by atoms with Crippen molar-refractivity contribution in [2.75, 3.05) is 5.32 Å². The van der Waals surface area contributed by atoms with Gasteiger partial charge in [-0.1, -0.05) is 28.1 Å². The second-order valence-electron chi connectivity index (χ2n) is 5.89. The lowest BCUT2D eigenvalue weighted by molar-refractivity contribution is -0.115. The molecule has 0 saturated heterocycles. The molecule has 1 N–H and O–H groups in total. The predicted octanol–water partition coefficient (Wildman–Crippen LogP) is 4.24. The molecule has 0 aliphatic rings. The van der Waals surface area contributed by atoms with E-state index in [0.29, 0.717) is 18.0 Å². The van der Waals surface area contributed by atoms with Gasteiger partial charge in [-0.3, -0.25) is 4.79 Å². The summed E-state index contributed by atoms with van der Waals surface area (Å²) in [5.74, 6) is 1.21. The molecule has 7 heteroatoms. The highest BCUT2D eigenvalue weighted by Crippen LogP contribution is 2.22. The van der Waals surface area contributed by atoms with Crippen molar-refractivity contribution in [1.82, 2.24) is 14.6 Å². The number of halogens is 1. The number of amides is 1. The Labute approximate surface area is 158 Å². The molecule has 2 aromatic carbocycles. The van der Waals surface area contributed by atoms with Crippen LogP contribution >= 0.6 is 15.9 Å². The van der Waals surface area contributed by atoms with Crippen molar-refractivity contribution in [3.8, 4) is 11.5 Å². The summed E-state index contributed by atoms with van der Waals surface area (Å²) in [7, 11) is 0. The highest BCUT2D eigenvalue weighted by molar-refractivity contribution is 9.10. The summed E-state index contributed by atoms with van der Waals surface area (Å²) >= 11 is 3.41. The number of carbonyl (C=O) groups is 1. The van der Waals surface area contributed by atoms with Gasteiger partial charge < -0.3 is 9.73 Å². The fourth-order valence-electron chi connectivity index (χ4n) is 2.67. The van der Waals surface area contributed by atoms with Gasteiger partial charge in [0.05, 0.1) is 12.6 Å². The van der Waals surface area contributed by atoms with Crippen LogP contribution in [0.5, 0.6) is 0 Å². The van der Waals surface area contributed by atoms with Gasteiger partial charge in [-0.2, -0.15) is 4.52 Å². The van der Waals surface area contributed by atoms with Crippen molar-refractivity contribution < 1.29 is 9.21 Å². The Bertz CT molecular complexity index is 1080. The van der Waals surface area contributed by atoms with E-state index in [4.69, 9.17) is 4.42 Å². The standard InChI is InChI=1S/C19H15BrN4O2/c1-12-21-11-18-24(12)23-19(26-18)14-5-7-16(8-6-14)22-17(25)10-13-3-2-4-15(20)9-13/h2-9,11H,10H2,1H3,(H,22,25). The molecular formula is C19H15BrN4O2. The molecule has 0 unspecified atom stereocenters. The molecule has 0 aliphatic carbocycles. The largest absolute Gasteiger partial charge is 0.417 e. The Morgan fingerprint density at radius 2 is 2.04 bits per heavy atom. The molecule has 4 aromatic rings. The summed E-state index contributed by atoms with van der Waals surface area (Å²) in [6, 6.07) is 15.1. The third-order valence-corrected chi connectivity index (χ3v) is 4.43. The zero-order chi connectivity index (χ0) is 18.1. The Morgan fingerprint density at radius 1 is 1.23 bits per heavy atom. The number of benzene rings is 2. The van der Waals surface area contributed by atoms with E-state index in [1.807, 2.05) is 55.5 Å². The van der Waals surface area contributed by atoms with E-state index in [1.54, 1.807) is 10.7 Å². The first-order valence-corrected chi connectivity index (χ1v) is 8.84. The zero-order valence-electron chi connectivity index (χ0n) is 13.9. The Balaban J connectivity index is 1.46. The van der Waals surface area contributed by atoms with Crippen LogP contribution in [0.25, 0.3) is 17.2 Å². The summed E-state index contributed by atoms with van der Waals surface area (Å²) in [6.07, 6.45) is 1.96. The molecule has 1 amide bonds. The summed E-state index contributed by atoms with van der Waals surface area (Å²) in [6.45, 7) is 1.86. The van der Waals surface area contributed by atoms with Crippen LogP contribution in [0.1, 0.15) is 11.4 Å². The van der Waals surface area contributed by atoms with Gasteiger partial charge in [0.15, 0.2) is 0 Å². The molecule has 0 radical (unpaired) electrons. The Hall–Kier alpha value is -2.93. The van der Waals surface area contributed by atoms with Gasteiger partial charge in [0, 0.05) is 15.7 Å². The highest BCUT2D eigenvalue weighted by Gasteiger charge is 2.11. The van der Waals surface area contributed by atoms with E-state index in [9.17, 15) is 4.79 Å². The van der Waals surface area contributed by atoms with Gasteiger partial charge in [-0.05, 0) is 48.9 Å². The monoisotopic (exact) mass is 410 g/mol. The Kier molecular flexibility index (Phi) is 4.30. The molecule has 2 aromatic heterocycles. The molecule has 4 rings (SSSR count). The molecule has 0 saturated carbocycles. The number of aryl methyl sites for hydroxylation is 1. The number of anilines is 1. The van der Waals surface area contributed by atoms with Gasteiger partial charge in [0.2, 0.25) is 17.5 Å². The lowest BCUT2D eigenvalue weighted by atomic mass is 10.1. The minimum atomic E-state index is -0.0667. The van der Waals surface area contributed by atoms with Crippen LogP contribution < -0.4 is 5.32 Å². The second-order valence-corrected chi connectivity index (χ2v) is 6.81. The van der Waals surface area contributed by atoms with Gasteiger partial charge in [-0.15, -0.1) is 5.10 Å². The maximum Gasteiger partial charge on any atom is 0.246 e. The lowest BCUT2D eigenvalue weighted by Gasteiger charge is -2.06. The van der Waals surface area contributed by atoms with Crippen molar-refractivity contribution in [2.45, 2.75) is 13.3 Å².